The molecule has 0 spiro atoms. The third kappa shape index (κ3) is 3.36. The second-order valence-corrected chi connectivity index (χ2v) is 4.88. The molecule has 7 heteroatoms. The Hall–Kier alpha value is -2.57. The number of rotatable bonds is 4. The molecule has 0 bridgehead atoms. The van der Waals surface area contributed by atoms with Crippen LogP contribution in [-0.4, -0.2) is 16.9 Å². The van der Waals surface area contributed by atoms with E-state index in [2.05, 4.69) is 15.6 Å². The average Bonchev–Trinajstić information content (AvgIpc) is 2.48. The molecular weight excluding hydrogens is 295 g/mol. The Bertz CT molecular complexity index is 704. The quantitative estimate of drug-likeness (QED) is 0.849. The predicted molar refractivity (Wildman–Crippen MR) is 77.3 cm³/mol. The Morgan fingerprint density at radius 2 is 1.86 bits per heavy atom. The van der Waals surface area contributed by atoms with Crippen LogP contribution in [-0.2, 0) is 0 Å². The summed E-state index contributed by atoms with van der Waals surface area (Å²) in [5, 5.41) is 5.18. The highest BCUT2D eigenvalue weighted by atomic mass is 19.2. The molecule has 0 saturated heterocycles. The van der Waals surface area contributed by atoms with E-state index in [9.17, 15) is 18.0 Å². The number of amides is 1. The topological polar surface area (TPSA) is 54.0 Å². The van der Waals surface area contributed by atoms with Gasteiger partial charge in [-0.15, -0.1) is 0 Å². The number of carbonyl (C=O) groups is 1. The van der Waals surface area contributed by atoms with Crippen molar-refractivity contribution in [3.8, 4) is 0 Å². The summed E-state index contributed by atoms with van der Waals surface area (Å²) >= 11 is 0. The first-order valence-corrected chi connectivity index (χ1v) is 6.56. The standard InChI is InChI=1S/C15H14F3N3O/c1-8(2)20-14-9(4-3-7-19-14)15(22)21-11-6-5-10(16)12(17)13(11)18/h3-8H,1-2H3,(H,19,20)(H,21,22). The number of anilines is 2. The molecule has 116 valence electrons. The molecule has 0 unspecified atom stereocenters. The first-order chi connectivity index (χ1) is 10.4. The Morgan fingerprint density at radius 1 is 1.14 bits per heavy atom. The van der Waals surface area contributed by atoms with Crippen LogP contribution in [0.4, 0.5) is 24.7 Å². The van der Waals surface area contributed by atoms with Gasteiger partial charge in [0, 0.05) is 12.2 Å². The number of pyridine rings is 1. The van der Waals surface area contributed by atoms with Crippen molar-refractivity contribution < 1.29 is 18.0 Å². The smallest absolute Gasteiger partial charge is 0.259 e. The molecule has 22 heavy (non-hydrogen) atoms. The maximum Gasteiger partial charge on any atom is 0.259 e. The molecule has 0 aliphatic heterocycles. The van der Waals surface area contributed by atoms with Crippen molar-refractivity contribution in [2.75, 3.05) is 10.6 Å². The second kappa shape index (κ2) is 6.46. The van der Waals surface area contributed by atoms with E-state index in [0.29, 0.717) is 5.82 Å². The Labute approximate surface area is 125 Å². The lowest BCUT2D eigenvalue weighted by atomic mass is 10.2. The van der Waals surface area contributed by atoms with E-state index in [1.807, 2.05) is 13.8 Å². The molecule has 2 N–H and O–H groups in total. The summed E-state index contributed by atoms with van der Waals surface area (Å²) in [7, 11) is 0. The molecule has 1 amide bonds. The molecule has 2 aromatic rings. The van der Waals surface area contributed by atoms with Gasteiger partial charge in [-0.1, -0.05) is 0 Å². The zero-order valence-corrected chi connectivity index (χ0v) is 12.0. The molecular formula is C15H14F3N3O. The van der Waals surface area contributed by atoms with Crippen molar-refractivity contribution in [1.29, 1.82) is 0 Å². The van der Waals surface area contributed by atoms with Crippen LogP contribution in [0.2, 0.25) is 0 Å². The Morgan fingerprint density at radius 3 is 2.55 bits per heavy atom. The first-order valence-electron chi connectivity index (χ1n) is 6.56. The van der Waals surface area contributed by atoms with Gasteiger partial charge in [-0.25, -0.2) is 18.2 Å². The number of aromatic nitrogens is 1. The number of hydrogen-bond acceptors (Lipinski definition) is 3. The van der Waals surface area contributed by atoms with Crippen LogP contribution in [0.25, 0.3) is 0 Å². The van der Waals surface area contributed by atoms with Gasteiger partial charge in [0.1, 0.15) is 5.82 Å². The minimum absolute atomic E-state index is 0.0291. The number of carbonyl (C=O) groups excluding carboxylic acids is 1. The van der Waals surface area contributed by atoms with Gasteiger partial charge >= 0.3 is 0 Å². The molecule has 0 radical (unpaired) electrons. The lowest BCUT2D eigenvalue weighted by Crippen LogP contribution is -2.19. The van der Waals surface area contributed by atoms with E-state index in [4.69, 9.17) is 0 Å². The monoisotopic (exact) mass is 309 g/mol. The number of nitrogens with zero attached hydrogens (tertiary/aromatic N) is 1. The van der Waals surface area contributed by atoms with Gasteiger partial charge in [0.15, 0.2) is 17.5 Å². The Balaban J connectivity index is 2.29. The van der Waals surface area contributed by atoms with Crippen LogP contribution >= 0.6 is 0 Å². The molecule has 1 aromatic heterocycles. The fraction of sp³-hybridized carbons (Fsp3) is 0.200. The molecule has 2 rings (SSSR count). The minimum atomic E-state index is -1.63. The minimum Gasteiger partial charge on any atom is -0.367 e. The fourth-order valence-corrected chi connectivity index (χ4v) is 1.79. The highest BCUT2D eigenvalue weighted by Crippen LogP contribution is 2.21. The van der Waals surface area contributed by atoms with Crippen LogP contribution in [0.15, 0.2) is 30.5 Å². The van der Waals surface area contributed by atoms with Crippen LogP contribution < -0.4 is 10.6 Å². The zero-order valence-electron chi connectivity index (χ0n) is 12.0. The van der Waals surface area contributed by atoms with Gasteiger partial charge in [0.2, 0.25) is 0 Å². The van der Waals surface area contributed by atoms with Crippen LogP contribution in [0.3, 0.4) is 0 Å². The molecule has 0 aliphatic rings. The normalized spacial score (nSPS) is 10.6. The van der Waals surface area contributed by atoms with Gasteiger partial charge in [-0.05, 0) is 38.1 Å². The number of nitrogens with one attached hydrogen (secondary N) is 2. The van der Waals surface area contributed by atoms with Crippen molar-refractivity contribution in [3.63, 3.8) is 0 Å². The summed E-state index contributed by atoms with van der Waals surface area (Å²) in [5.74, 6) is -4.77. The van der Waals surface area contributed by atoms with Crippen LogP contribution in [0, 0.1) is 17.5 Å². The SMILES string of the molecule is CC(C)Nc1ncccc1C(=O)Nc1ccc(F)c(F)c1F. The van der Waals surface area contributed by atoms with Crippen molar-refractivity contribution in [3.05, 3.63) is 53.5 Å². The van der Waals surface area contributed by atoms with Gasteiger partial charge in [-0.3, -0.25) is 4.79 Å². The predicted octanol–water partition coefficient (Wildman–Crippen LogP) is 3.57. The number of hydrogen-bond donors (Lipinski definition) is 2. The first kappa shape index (κ1) is 15.8. The molecule has 1 aromatic carbocycles. The van der Waals surface area contributed by atoms with Crippen molar-refractivity contribution in [1.82, 2.24) is 4.98 Å². The third-order valence-electron chi connectivity index (χ3n) is 2.76. The third-order valence-corrected chi connectivity index (χ3v) is 2.76. The fourth-order valence-electron chi connectivity index (χ4n) is 1.79. The largest absolute Gasteiger partial charge is 0.367 e. The summed E-state index contributed by atoms with van der Waals surface area (Å²) in [6.45, 7) is 3.73. The molecule has 0 aliphatic carbocycles. The summed E-state index contributed by atoms with van der Waals surface area (Å²) in [4.78, 5) is 16.2. The van der Waals surface area contributed by atoms with Crippen LogP contribution in [0.1, 0.15) is 24.2 Å². The van der Waals surface area contributed by atoms with Gasteiger partial charge in [-0.2, -0.15) is 0 Å². The Kier molecular flexibility index (Phi) is 4.65. The van der Waals surface area contributed by atoms with Crippen LogP contribution in [0.5, 0.6) is 0 Å². The van der Waals surface area contributed by atoms with E-state index < -0.39 is 29.0 Å². The van der Waals surface area contributed by atoms with E-state index in [1.54, 1.807) is 6.07 Å². The molecule has 0 saturated carbocycles. The lowest BCUT2D eigenvalue weighted by molar-refractivity contribution is 0.102. The molecule has 1 heterocycles. The highest BCUT2D eigenvalue weighted by molar-refractivity contribution is 6.07. The van der Waals surface area contributed by atoms with Crippen molar-refractivity contribution in [2.24, 2.45) is 0 Å². The van der Waals surface area contributed by atoms with Crippen molar-refractivity contribution in [2.45, 2.75) is 19.9 Å². The summed E-state index contributed by atoms with van der Waals surface area (Å²) in [6.07, 6.45) is 1.50. The second-order valence-electron chi connectivity index (χ2n) is 4.88. The summed E-state index contributed by atoms with van der Waals surface area (Å²) < 4.78 is 39.6. The van der Waals surface area contributed by atoms with E-state index >= 15 is 0 Å². The number of benzene rings is 1. The number of halogens is 3. The lowest BCUT2D eigenvalue weighted by Gasteiger charge is -2.13. The van der Waals surface area contributed by atoms with Gasteiger partial charge in [0.05, 0.1) is 11.3 Å². The highest BCUT2D eigenvalue weighted by Gasteiger charge is 2.18. The summed E-state index contributed by atoms with van der Waals surface area (Å²) in [6, 6.07) is 4.76. The van der Waals surface area contributed by atoms with E-state index in [-0.39, 0.29) is 11.6 Å². The van der Waals surface area contributed by atoms with E-state index in [1.165, 1.54) is 12.3 Å². The molecule has 0 atom stereocenters. The zero-order chi connectivity index (χ0) is 16.3. The van der Waals surface area contributed by atoms with Gasteiger partial charge < -0.3 is 10.6 Å². The molecule has 0 fully saturated rings. The van der Waals surface area contributed by atoms with E-state index in [0.717, 1.165) is 12.1 Å². The summed E-state index contributed by atoms with van der Waals surface area (Å²) in [5.41, 5.74) is -0.274. The maximum absolute atomic E-state index is 13.6. The van der Waals surface area contributed by atoms with Gasteiger partial charge in [0.25, 0.3) is 5.91 Å². The maximum atomic E-state index is 13.6. The van der Waals surface area contributed by atoms with Crippen molar-refractivity contribution >= 4 is 17.4 Å². The molecule has 4 nitrogen and oxygen atoms in total. The average molecular weight is 309 g/mol.